The normalized spacial score (nSPS) is 11.2. The minimum absolute atomic E-state index is 0.966. The second-order valence-electron chi connectivity index (χ2n) is 4.50. The summed E-state index contributed by atoms with van der Waals surface area (Å²) in [4.78, 5) is 2.51. The van der Waals surface area contributed by atoms with Gasteiger partial charge in [0.05, 0.1) is 6.54 Å². The van der Waals surface area contributed by atoms with Crippen molar-refractivity contribution in [2.24, 2.45) is 0 Å². The molecule has 2 heteroatoms. The highest BCUT2D eigenvalue weighted by Gasteiger charge is 2.07. The number of hydrogen-bond acceptors (Lipinski definition) is 2. The lowest BCUT2D eigenvalue weighted by molar-refractivity contribution is 0.235. The SMILES string of the molecule is CCCCN(CCCC)Cc1ccc(C)o1. The van der Waals surface area contributed by atoms with E-state index in [1.807, 2.05) is 13.0 Å². The molecule has 0 aliphatic rings. The Kier molecular flexibility index (Phi) is 6.24. The van der Waals surface area contributed by atoms with Crippen LogP contribution in [0.25, 0.3) is 0 Å². The van der Waals surface area contributed by atoms with E-state index < -0.39 is 0 Å². The molecule has 0 spiro atoms. The first-order valence-electron chi connectivity index (χ1n) is 6.54. The van der Waals surface area contributed by atoms with Gasteiger partial charge >= 0.3 is 0 Å². The van der Waals surface area contributed by atoms with Crippen LogP contribution in [0, 0.1) is 6.92 Å². The third-order valence-corrected chi connectivity index (χ3v) is 2.83. The maximum absolute atomic E-state index is 5.63. The average molecular weight is 223 g/mol. The van der Waals surface area contributed by atoms with Crippen LogP contribution in [0.1, 0.15) is 51.1 Å². The van der Waals surface area contributed by atoms with Gasteiger partial charge in [-0.2, -0.15) is 0 Å². The van der Waals surface area contributed by atoms with E-state index in [2.05, 4.69) is 24.8 Å². The van der Waals surface area contributed by atoms with Gasteiger partial charge in [0, 0.05) is 0 Å². The fourth-order valence-corrected chi connectivity index (χ4v) is 1.82. The Morgan fingerprint density at radius 2 is 1.69 bits per heavy atom. The molecule has 2 nitrogen and oxygen atoms in total. The summed E-state index contributed by atoms with van der Waals surface area (Å²) in [5, 5.41) is 0. The Labute approximate surface area is 99.6 Å². The van der Waals surface area contributed by atoms with Crippen LogP contribution in [0.15, 0.2) is 16.5 Å². The summed E-state index contributed by atoms with van der Waals surface area (Å²) in [6.07, 6.45) is 5.09. The summed E-state index contributed by atoms with van der Waals surface area (Å²) >= 11 is 0. The molecule has 1 aromatic rings. The smallest absolute Gasteiger partial charge is 0.118 e. The van der Waals surface area contributed by atoms with Crippen LogP contribution in [0.5, 0.6) is 0 Å². The van der Waals surface area contributed by atoms with Crippen molar-refractivity contribution in [1.82, 2.24) is 4.90 Å². The van der Waals surface area contributed by atoms with E-state index in [0.717, 1.165) is 18.1 Å². The maximum Gasteiger partial charge on any atom is 0.118 e. The molecule has 0 saturated carbocycles. The van der Waals surface area contributed by atoms with E-state index in [0.29, 0.717) is 0 Å². The standard InChI is InChI=1S/C14H25NO/c1-4-6-10-15(11-7-5-2)12-14-9-8-13(3)16-14/h8-9H,4-7,10-12H2,1-3H3. The number of unbranched alkanes of at least 4 members (excludes halogenated alkanes) is 2. The van der Waals surface area contributed by atoms with Crippen molar-refractivity contribution >= 4 is 0 Å². The highest BCUT2D eigenvalue weighted by molar-refractivity contribution is 5.05. The van der Waals surface area contributed by atoms with Crippen LogP contribution >= 0.6 is 0 Å². The minimum atomic E-state index is 0.966. The molecule has 1 aromatic heterocycles. The first-order valence-corrected chi connectivity index (χ1v) is 6.54. The van der Waals surface area contributed by atoms with E-state index in [9.17, 15) is 0 Å². The molecule has 0 amide bonds. The van der Waals surface area contributed by atoms with Crippen molar-refractivity contribution in [3.63, 3.8) is 0 Å². The Hall–Kier alpha value is -0.760. The molecule has 92 valence electrons. The zero-order chi connectivity index (χ0) is 11.8. The Balaban J connectivity index is 2.41. The Morgan fingerprint density at radius 1 is 1.06 bits per heavy atom. The zero-order valence-corrected chi connectivity index (χ0v) is 11.0. The van der Waals surface area contributed by atoms with Crippen LogP contribution in [0.4, 0.5) is 0 Å². The highest BCUT2D eigenvalue weighted by atomic mass is 16.3. The van der Waals surface area contributed by atoms with Crippen LogP contribution in [0.2, 0.25) is 0 Å². The molecule has 0 radical (unpaired) electrons. The average Bonchev–Trinajstić information content (AvgIpc) is 2.68. The molecule has 0 saturated heterocycles. The number of nitrogens with zero attached hydrogens (tertiary/aromatic N) is 1. The van der Waals surface area contributed by atoms with Gasteiger partial charge in [-0.05, 0) is 45.0 Å². The van der Waals surface area contributed by atoms with Crippen LogP contribution in [-0.4, -0.2) is 18.0 Å². The minimum Gasteiger partial charge on any atom is -0.465 e. The Morgan fingerprint density at radius 3 is 2.12 bits per heavy atom. The van der Waals surface area contributed by atoms with Crippen molar-refractivity contribution < 1.29 is 4.42 Å². The van der Waals surface area contributed by atoms with Crippen LogP contribution in [-0.2, 0) is 6.54 Å². The van der Waals surface area contributed by atoms with E-state index in [1.54, 1.807) is 0 Å². The second kappa shape index (κ2) is 7.50. The van der Waals surface area contributed by atoms with Crippen LogP contribution in [0.3, 0.4) is 0 Å². The predicted molar refractivity (Wildman–Crippen MR) is 68.5 cm³/mol. The quantitative estimate of drug-likeness (QED) is 0.662. The molecule has 0 N–H and O–H groups in total. The summed E-state index contributed by atoms with van der Waals surface area (Å²) in [5.41, 5.74) is 0. The monoisotopic (exact) mass is 223 g/mol. The first kappa shape index (κ1) is 13.3. The molecule has 0 atom stereocenters. The summed E-state index contributed by atoms with van der Waals surface area (Å²) < 4.78 is 5.63. The van der Waals surface area contributed by atoms with E-state index in [1.165, 1.54) is 38.8 Å². The zero-order valence-electron chi connectivity index (χ0n) is 11.0. The molecule has 0 aromatic carbocycles. The van der Waals surface area contributed by atoms with Crippen molar-refractivity contribution in [3.05, 3.63) is 23.7 Å². The summed E-state index contributed by atoms with van der Waals surface area (Å²) in [5.74, 6) is 2.12. The number of rotatable bonds is 8. The number of aryl methyl sites for hydroxylation is 1. The fourth-order valence-electron chi connectivity index (χ4n) is 1.82. The molecule has 16 heavy (non-hydrogen) atoms. The van der Waals surface area contributed by atoms with Crippen molar-refractivity contribution in [1.29, 1.82) is 0 Å². The molecule has 1 rings (SSSR count). The van der Waals surface area contributed by atoms with Gasteiger partial charge in [0.25, 0.3) is 0 Å². The maximum atomic E-state index is 5.63. The third-order valence-electron chi connectivity index (χ3n) is 2.83. The van der Waals surface area contributed by atoms with Gasteiger partial charge in [-0.3, -0.25) is 4.90 Å². The van der Waals surface area contributed by atoms with Gasteiger partial charge in [0.15, 0.2) is 0 Å². The molecular formula is C14H25NO. The van der Waals surface area contributed by atoms with E-state index >= 15 is 0 Å². The fraction of sp³-hybridized carbons (Fsp3) is 0.714. The molecule has 0 aliphatic carbocycles. The molecule has 0 bridgehead atoms. The lowest BCUT2D eigenvalue weighted by Gasteiger charge is -2.20. The molecule has 1 heterocycles. The topological polar surface area (TPSA) is 16.4 Å². The molecular weight excluding hydrogens is 198 g/mol. The summed E-state index contributed by atoms with van der Waals surface area (Å²) in [6, 6.07) is 4.15. The molecule has 0 unspecified atom stereocenters. The van der Waals surface area contributed by atoms with Gasteiger partial charge < -0.3 is 4.42 Å². The third kappa shape index (κ3) is 4.84. The largest absolute Gasteiger partial charge is 0.465 e. The summed E-state index contributed by atoms with van der Waals surface area (Å²) in [6.45, 7) is 9.84. The van der Waals surface area contributed by atoms with Gasteiger partial charge in [-0.15, -0.1) is 0 Å². The second-order valence-corrected chi connectivity index (χ2v) is 4.50. The van der Waals surface area contributed by atoms with Crippen molar-refractivity contribution in [3.8, 4) is 0 Å². The molecule has 0 fully saturated rings. The highest BCUT2D eigenvalue weighted by Crippen LogP contribution is 2.11. The van der Waals surface area contributed by atoms with E-state index in [4.69, 9.17) is 4.42 Å². The first-order chi connectivity index (χ1) is 7.76. The molecule has 0 aliphatic heterocycles. The lowest BCUT2D eigenvalue weighted by Crippen LogP contribution is -2.25. The van der Waals surface area contributed by atoms with Gasteiger partial charge in [0.2, 0.25) is 0 Å². The number of furan rings is 1. The van der Waals surface area contributed by atoms with Gasteiger partial charge in [0.1, 0.15) is 11.5 Å². The summed E-state index contributed by atoms with van der Waals surface area (Å²) in [7, 11) is 0. The van der Waals surface area contributed by atoms with Gasteiger partial charge in [-0.25, -0.2) is 0 Å². The van der Waals surface area contributed by atoms with Crippen molar-refractivity contribution in [2.45, 2.75) is 53.0 Å². The van der Waals surface area contributed by atoms with Crippen molar-refractivity contribution in [2.75, 3.05) is 13.1 Å². The lowest BCUT2D eigenvalue weighted by atomic mass is 10.2. The Bertz CT molecular complexity index is 272. The predicted octanol–water partition coefficient (Wildman–Crippen LogP) is 3.99. The van der Waals surface area contributed by atoms with Gasteiger partial charge in [-0.1, -0.05) is 26.7 Å². The van der Waals surface area contributed by atoms with Crippen LogP contribution < -0.4 is 0 Å². The number of hydrogen-bond donors (Lipinski definition) is 0. The van der Waals surface area contributed by atoms with E-state index in [-0.39, 0.29) is 0 Å².